The predicted octanol–water partition coefficient (Wildman–Crippen LogP) is 2.93. The van der Waals surface area contributed by atoms with E-state index in [9.17, 15) is 14.7 Å². The molecule has 0 bridgehead atoms. The summed E-state index contributed by atoms with van der Waals surface area (Å²) in [7, 11) is 1.83. The Morgan fingerprint density at radius 1 is 1.26 bits per heavy atom. The van der Waals surface area contributed by atoms with Gasteiger partial charge in [0.15, 0.2) is 0 Å². The van der Waals surface area contributed by atoms with Crippen LogP contribution in [0, 0.1) is 0 Å². The Bertz CT molecular complexity index is 873. The highest BCUT2D eigenvalue weighted by Crippen LogP contribution is 2.31. The number of carboxylic acid groups (broad SMARTS) is 1. The van der Waals surface area contributed by atoms with Gasteiger partial charge in [0.2, 0.25) is 0 Å². The molecule has 2 N–H and O–H groups in total. The van der Waals surface area contributed by atoms with Gasteiger partial charge in [0.25, 0.3) is 5.91 Å². The lowest BCUT2D eigenvalue weighted by Crippen LogP contribution is -2.55. The Morgan fingerprint density at radius 2 is 1.85 bits per heavy atom. The minimum absolute atomic E-state index is 0.106. The van der Waals surface area contributed by atoms with Crippen LogP contribution in [0.4, 0.5) is 5.82 Å². The number of fused-ring (bicyclic) bond motifs is 1. The Kier molecular flexibility index (Phi) is 5.11. The van der Waals surface area contributed by atoms with Crippen molar-refractivity contribution in [1.29, 1.82) is 0 Å². The van der Waals surface area contributed by atoms with Crippen LogP contribution in [-0.4, -0.2) is 40.6 Å². The lowest BCUT2D eigenvalue weighted by molar-refractivity contribution is -0.144. The zero-order valence-electron chi connectivity index (χ0n) is 15.5. The maximum atomic E-state index is 13.1. The molecule has 1 aliphatic rings. The molecule has 0 spiro atoms. The Labute approximate surface area is 163 Å². The molecular formula is C20H22ClN3O3. The van der Waals surface area contributed by atoms with E-state index < -0.39 is 17.4 Å². The molecule has 27 heavy (non-hydrogen) atoms. The van der Waals surface area contributed by atoms with E-state index in [1.54, 1.807) is 0 Å². The number of benzene rings is 1. The number of rotatable bonds is 5. The number of hydrogen-bond acceptors (Lipinski definition) is 4. The summed E-state index contributed by atoms with van der Waals surface area (Å²) in [5.74, 6) is -1.09. The molecule has 0 fully saturated rings. The molecule has 1 heterocycles. The summed E-state index contributed by atoms with van der Waals surface area (Å²) in [4.78, 5) is 31.3. The summed E-state index contributed by atoms with van der Waals surface area (Å²) in [6.07, 6.45) is 1.96. The van der Waals surface area contributed by atoms with Crippen molar-refractivity contribution in [3.05, 3.63) is 58.2 Å². The second-order valence-corrected chi connectivity index (χ2v) is 7.63. The van der Waals surface area contributed by atoms with Gasteiger partial charge in [-0.25, -0.2) is 9.78 Å². The van der Waals surface area contributed by atoms with Gasteiger partial charge in [-0.3, -0.25) is 4.79 Å². The summed E-state index contributed by atoms with van der Waals surface area (Å²) in [6.45, 7) is 3.95. The second-order valence-electron chi connectivity index (χ2n) is 7.19. The standard InChI is InChI=1S/C20H22ClN3O3/c1-12(2)24(3)17-16(8-15(21)11-22-17)18(25)23-20(19(26)27)9-13-6-4-5-7-14(13)10-20/h4-8,11-12H,9-10H2,1-3H3,(H,23,25)(H,26,27). The molecule has 2 aromatic rings. The molecule has 0 saturated carbocycles. The van der Waals surface area contributed by atoms with Crippen molar-refractivity contribution in [3.8, 4) is 0 Å². The van der Waals surface area contributed by atoms with Crippen molar-refractivity contribution in [2.75, 3.05) is 11.9 Å². The minimum atomic E-state index is -1.38. The molecule has 0 radical (unpaired) electrons. The van der Waals surface area contributed by atoms with Gasteiger partial charge in [0.05, 0.1) is 10.6 Å². The fourth-order valence-corrected chi connectivity index (χ4v) is 3.48. The number of amides is 1. The zero-order chi connectivity index (χ0) is 19.8. The fourth-order valence-electron chi connectivity index (χ4n) is 3.32. The van der Waals surface area contributed by atoms with Gasteiger partial charge in [0.1, 0.15) is 11.4 Å². The summed E-state index contributed by atoms with van der Waals surface area (Å²) in [5, 5.41) is 13.0. The predicted molar refractivity (Wildman–Crippen MR) is 104 cm³/mol. The highest BCUT2D eigenvalue weighted by Gasteiger charge is 2.45. The van der Waals surface area contributed by atoms with Gasteiger partial charge in [-0.15, -0.1) is 0 Å². The van der Waals surface area contributed by atoms with E-state index in [0.29, 0.717) is 10.8 Å². The lowest BCUT2D eigenvalue weighted by atomic mass is 9.95. The first-order valence-electron chi connectivity index (χ1n) is 8.74. The summed E-state index contributed by atoms with van der Waals surface area (Å²) >= 11 is 6.05. The smallest absolute Gasteiger partial charge is 0.330 e. The number of hydrogen-bond donors (Lipinski definition) is 2. The molecule has 1 amide bonds. The van der Waals surface area contributed by atoms with Crippen molar-refractivity contribution in [2.24, 2.45) is 0 Å². The van der Waals surface area contributed by atoms with Crippen LogP contribution >= 0.6 is 11.6 Å². The summed E-state index contributed by atoms with van der Waals surface area (Å²) in [6, 6.07) is 9.16. The minimum Gasteiger partial charge on any atom is -0.479 e. The summed E-state index contributed by atoms with van der Waals surface area (Å²) < 4.78 is 0. The van der Waals surface area contributed by atoms with Crippen molar-refractivity contribution in [3.63, 3.8) is 0 Å². The Morgan fingerprint density at radius 3 is 2.37 bits per heavy atom. The van der Waals surface area contributed by atoms with E-state index in [1.807, 2.05) is 50.1 Å². The van der Waals surface area contributed by atoms with Crippen LogP contribution in [0.15, 0.2) is 36.5 Å². The van der Waals surface area contributed by atoms with Crippen LogP contribution in [0.2, 0.25) is 5.02 Å². The Hall–Kier alpha value is -2.60. The van der Waals surface area contributed by atoms with Crippen LogP contribution in [0.5, 0.6) is 0 Å². The third kappa shape index (κ3) is 3.62. The molecule has 1 aliphatic carbocycles. The lowest BCUT2D eigenvalue weighted by Gasteiger charge is -2.28. The normalized spacial score (nSPS) is 14.7. The number of carbonyl (C=O) groups excluding carboxylic acids is 1. The monoisotopic (exact) mass is 387 g/mol. The van der Waals surface area contributed by atoms with Crippen LogP contribution in [0.25, 0.3) is 0 Å². The topological polar surface area (TPSA) is 82.5 Å². The first-order valence-corrected chi connectivity index (χ1v) is 9.12. The van der Waals surface area contributed by atoms with Gasteiger partial charge in [-0.05, 0) is 31.0 Å². The number of nitrogens with zero attached hydrogens (tertiary/aromatic N) is 2. The molecule has 0 atom stereocenters. The second kappa shape index (κ2) is 7.19. The molecule has 7 heteroatoms. The fraction of sp³-hybridized carbons (Fsp3) is 0.350. The molecule has 1 aromatic heterocycles. The number of anilines is 1. The molecule has 0 saturated heterocycles. The third-order valence-electron chi connectivity index (χ3n) is 5.05. The maximum absolute atomic E-state index is 13.1. The van der Waals surface area contributed by atoms with Crippen LogP contribution in [0.1, 0.15) is 35.3 Å². The van der Waals surface area contributed by atoms with Crippen LogP contribution < -0.4 is 10.2 Å². The first kappa shape index (κ1) is 19.2. The molecule has 0 unspecified atom stereocenters. The van der Waals surface area contributed by atoms with E-state index >= 15 is 0 Å². The first-order chi connectivity index (χ1) is 12.7. The van der Waals surface area contributed by atoms with E-state index in [0.717, 1.165) is 11.1 Å². The third-order valence-corrected chi connectivity index (χ3v) is 5.26. The van der Waals surface area contributed by atoms with Crippen LogP contribution in [-0.2, 0) is 17.6 Å². The van der Waals surface area contributed by atoms with E-state index in [4.69, 9.17) is 11.6 Å². The zero-order valence-corrected chi connectivity index (χ0v) is 16.2. The number of aliphatic carboxylic acids is 1. The Balaban J connectivity index is 1.95. The SMILES string of the molecule is CC(C)N(C)c1ncc(Cl)cc1C(=O)NC1(C(=O)O)Cc2ccccc2C1. The molecule has 3 rings (SSSR count). The number of aromatic nitrogens is 1. The van der Waals surface area contributed by atoms with Crippen molar-refractivity contribution < 1.29 is 14.7 Å². The van der Waals surface area contributed by atoms with Gasteiger partial charge in [0, 0.05) is 32.1 Å². The van der Waals surface area contributed by atoms with Gasteiger partial charge >= 0.3 is 5.97 Å². The quantitative estimate of drug-likeness (QED) is 0.824. The molecule has 6 nitrogen and oxygen atoms in total. The summed E-state index contributed by atoms with van der Waals surface area (Å²) in [5.41, 5.74) is 0.750. The average Bonchev–Trinajstić information content (AvgIpc) is 3.00. The largest absolute Gasteiger partial charge is 0.479 e. The number of halogens is 1. The van der Waals surface area contributed by atoms with Crippen molar-refractivity contribution in [2.45, 2.75) is 38.3 Å². The highest BCUT2D eigenvalue weighted by molar-refractivity contribution is 6.31. The van der Waals surface area contributed by atoms with E-state index in [2.05, 4.69) is 10.3 Å². The molecule has 142 valence electrons. The maximum Gasteiger partial charge on any atom is 0.330 e. The number of nitrogens with one attached hydrogen (secondary N) is 1. The molecular weight excluding hydrogens is 366 g/mol. The van der Waals surface area contributed by atoms with E-state index in [-0.39, 0.29) is 24.4 Å². The number of carboxylic acids is 1. The molecule has 0 aliphatic heterocycles. The van der Waals surface area contributed by atoms with Crippen molar-refractivity contribution >= 4 is 29.3 Å². The van der Waals surface area contributed by atoms with Gasteiger partial charge in [-0.2, -0.15) is 0 Å². The number of pyridine rings is 1. The van der Waals surface area contributed by atoms with E-state index in [1.165, 1.54) is 12.3 Å². The average molecular weight is 388 g/mol. The van der Waals surface area contributed by atoms with Crippen molar-refractivity contribution in [1.82, 2.24) is 10.3 Å². The highest BCUT2D eigenvalue weighted by atomic mass is 35.5. The molecule has 1 aromatic carbocycles. The van der Waals surface area contributed by atoms with Gasteiger partial charge in [-0.1, -0.05) is 35.9 Å². The van der Waals surface area contributed by atoms with Crippen LogP contribution in [0.3, 0.4) is 0 Å². The van der Waals surface area contributed by atoms with Gasteiger partial charge < -0.3 is 15.3 Å². The number of carbonyl (C=O) groups is 2.